The summed E-state index contributed by atoms with van der Waals surface area (Å²) in [5, 5.41) is 6.01. The summed E-state index contributed by atoms with van der Waals surface area (Å²) in [7, 11) is 3.16. The van der Waals surface area contributed by atoms with Gasteiger partial charge in [0.15, 0.2) is 11.5 Å². The predicted molar refractivity (Wildman–Crippen MR) is 104 cm³/mol. The minimum atomic E-state index is -0.236. The monoisotopic (exact) mass is 390 g/mol. The number of carbonyl (C=O) groups excluding carboxylic acids is 2. The highest BCUT2D eigenvalue weighted by atomic mass is 35.5. The third kappa shape index (κ3) is 6.83. The quantitative estimate of drug-likeness (QED) is 0.689. The van der Waals surface area contributed by atoms with Gasteiger partial charge in [0.1, 0.15) is 0 Å². The number of hydrogen-bond donors (Lipinski definition) is 2. The fourth-order valence-electron chi connectivity index (χ4n) is 2.47. The number of nitrogens with one attached hydrogen (secondary N) is 2. The zero-order valence-electron chi connectivity index (χ0n) is 15.4. The van der Waals surface area contributed by atoms with Gasteiger partial charge < -0.3 is 20.1 Å². The van der Waals surface area contributed by atoms with Crippen LogP contribution in [0.1, 0.15) is 11.1 Å². The first-order chi connectivity index (χ1) is 13.0. The van der Waals surface area contributed by atoms with Crippen molar-refractivity contribution in [2.75, 3.05) is 27.3 Å². The third-order valence-electron chi connectivity index (χ3n) is 3.91. The molecule has 0 radical (unpaired) electrons. The van der Waals surface area contributed by atoms with Crippen LogP contribution in [0.4, 0.5) is 0 Å². The smallest absolute Gasteiger partial charge is 0.239 e. The van der Waals surface area contributed by atoms with Crippen LogP contribution in [0.15, 0.2) is 42.5 Å². The molecule has 0 bridgehead atoms. The van der Waals surface area contributed by atoms with Crippen molar-refractivity contribution in [2.45, 2.75) is 12.8 Å². The average molecular weight is 391 g/mol. The molecule has 0 saturated heterocycles. The Hall–Kier alpha value is -2.73. The second-order valence-electron chi connectivity index (χ2n) is 5.87. The maximum absolute atomic E-state index is 11.9. The van der Waals surface area contributed by atoms with E-state index in [-0.39, 0.29) is 24.8 Å². The van der Waals surface area contributed by atoms with E-state index in [1.165, 1.54) is 0 Å². The fourth-order valence-corrected chi connectivity index (χ4v) is 2.60. The summed E-state index contributed by atoms with van der Waals surface area (Å²) >= 11 is 5.81. The Balaban J connectivity index is 1.70. The summed E-state index contributed by atoms with van der Waals surface area (Å²) in [6.45, 7) is 0.403. The minimum Gasteiger partial charge on any atom is -0.493 e. The van der Waals surface area contributed by atoms with Crippen molar-refractivity contribution in [2.24, 2.45) is 0 Å². The van der Waals surface area contributed by atoms with Gasteiger partial charge in [0.25, 0.3) is 0 Å². The lowest BCUT2D eigenvalue weighted by molar-refractivity contribution is -0.125. The Labute approximate surface area is 163 Å². The molecule has 0 heterocycles. The summed E-state index contributed by atoms with van der Waals surface area (Å²) in [6, 6.07) is 12.6. The molecule has 0 aliphatic heterocycles. The lowest BCUT2D eigenvalue weighted by Crippen LogP contribution is -2.38. The van der Waals surface area contributed by atoms with Gasteiger partial charge >= 0.3 is 0 Å². The van der Waals surface area contributed by atoms with E-state index in [1.807, 2.05) is 18.2 Å². The highest BCUT2D eigenvalue weighted by Gasteiger charge is 2.08. The molecular weight excluding hydrogens is 368 g/mol. The van der Waals surface area contributed by atoms with E-state index in [4.69, 9.17) is 21.1 Å². The molecular formula is C20H23ClN2O4. The van der Waals surface area contributed by atoms with Crippen LogP contribution in [0, 0.1) is 0 Å². The van der Waals surface area contributed by atoms with Crippen LogP contribution in [0.5, 0.6) is 11.5 Å². The molecule has 6 nitrogen and oxygen atoms in total. The summed E-state index contributed by atoms with van der Waals surface area (Å²) < 4.78 is 10.5. The number of rotatable bonds is 9. The summed E-state index contributed by atoms with van der Waals surface area (Å²) in [5.41, 5.74) is 1.85. The Bertz CT molecular complexity index is 778. The Morgan fingerprint density at radius 3 is 2.22 bits per heavy atom. The molecule has 144 valence electrons. The van der Waals surface area contributed by atoms with Crippen LogP contribution < -0.4 is 20.1 Å². The molecule has 0 unspecified atom stereocenters. The summed E-state index contributed by atoms with van der Waals surface area (Å²) in [4.78, 5) is 23.7. The molecule has 0 fully saturated rings. The number of methoxy groups -OCH3 is 2. The van der Waals surface area contributed by atoms with E-state index in [1.54, 1.807) is 38.5 Å². The molecule has 0 aliphatic carbocycles. The third-order valence-corrected chi connectivity index (χ3v) is 4.16. The van der Waals surface area contributed by atoms with Crippen molar-refractivity contribution in [1.82, 2.24) is 10.6 Å². The van der Waals surface area contributed by atoms with Crippen molar-refractivity contribution in [3.8, 4) is 11.5 Å². The molecule has 0 spiro atoms. The molecule has 0 atom stereocenters. The number of hydrogen-bond acceptors (Lipinski definition) is 4. The van der Waals surface area contributed by atoms with E-state index in [9.17, 15) is 9.59 Å². The average Bonchev–Trinajstić information content (AvgIpc) is 2.68. The van der Waals surface area contributed by atoms with Gasteiger partial charge in [-0.25, -0.2) is 0 Å². The molecule has 2 amide bonds. The second kappa shape index (κ2) is 10.4. The van der Waals surface area contributed by atoms with Crippen LogP contribution in [-0.4, -0.2) is 39.1 Å². The van der Waals surface area contributed by atoms with Crippen molar-refractivity contribution < 1.29 is 19.1 Å². The molecule has 2 rings (SSSR count). The molecule has 0 aromatic heterocycles. The van der Waals surface area contributed by atoms with Crippen molar-refractivity contribution >= 4 is 23.4 Å². The highest BCUT2D eigenvalue weighted by Crippen LogP contribution is 2.27. The van der Waals surface area contributed by atoms with Gasteiger partial charge in [-0.2, -0.15) is 0 Å². The highest BCUT2D eigenvalue weighted by molar-refractivity contribution is 6.30. The molecule has 0 aliphatic rings. The van der Waals surface area contributed by atoms with E-state index in [2.05, 4.69) is 10.6 Å². The molecule has 2 aromatic carbocycles. The maximum Gasteiger partial charge on any atom is 0.239 e. The largest absolute Gasteiger partial charge is 0.493 e. The van der Waals surface area contributed by atoms with Gasteiger partial charge in [0, 0.05) is 11.6 Å². The second-order valence-corrected chi connectivity index (χ2v) is 6.31. The molecule has 27 heavy (non-hydrogen) atoms. The van der Waals surface area contributed by atoms with Gasteiger partial charge in [-0.3, -0.25) is 9.59 Å². The van der Waals surface area contributed by atoms with Crippen molar-refractivity contribution in [3.63, 3.8) is 0 Å². The van der Waals surface area contributed by atoms with Gasteiger partial charge in [0.2, 0.25) is 11.8 Å². The number of benzene rings is 2. The van der Waals surface area contributed by atoms with Gasteiger partial charge in [-0.1, -0.05) is 29.8 Å². The standard InChI is InChI=1S/C20H23ClN2O4/c1-26-17-8-5-15(11-18(17)27-2)9-10-22-20(25)13-23-19(24)12-14-3-6-16(21)7-4-14/h3-8,11H,9-10,12-13H2,1-2H3,(H,22,25)(H,23,24). The molecule has 2 aromatic rings. The van der Waals surface area contributed by atoms with Gasteiger partial charge in [-0.15, -0.1) is 0 Å². The predicted octanol–water partition coefficient (Wildman–Crippen LogP) is 2.37. The summed E-state index contributed by atoms with van der Waals surface area (Å²) in [5.74, 6) is 0.858. The van der Waals surface area contributed by atoms with Crippen LogP contribution in [0.25, 0.3) is 0 Å². The number of amides is 2. The van der Waals surface area contributed by atoms with Gasteiger partial charge in [-0.05, 0) is 41.8 Å². The molecule has 0 saturated carbocycles. The van der Waals surface area contributed by atoms with Crippen molar-refractivity contribution in [1.29, 1.82) is 0 Å². The number of ether oxygens (including phenoxy) is 2. The van der Waals surface area contributed by atoms with Crippen molar-refractivity contribution in [3.05, 3.63) is 58.6 Å². The zero-order valence-corrected chi connectivity index (χ0v) is 16.1. The van der Waals surface area contributed by atoms with Crippen LogP contribution in [-0.2, 0) is 22.4 Å². The summed E-state index contributed by atoms with van der Waals surface area (Å²) in [6.07, 6.45) is 0.848. The Kier molecular flexibility index (Phi) is 7.95. The topological polar surface area (TPSA) is 76.7 Å². The number of halogens is 1. The molecule has 7 heteroatoms. The van der Waals surface area contributed by atoms with E-state index >= 15 is 0 Å². The van der Waals surface area contributed by atoms with Gasteiger partial charge in [0.05, 0.1) is 27.2 Å². The van der Waals surface area contributed by atoms with E-state index < -0.39 is 0 Å². The lowest BCUT2D eigenvalue weighted by atomic mass is 10.1. The van der Waals surface area contributed by atoms with E-state index in [0.29, 0.717) is 29.5 Å². The van der Waals surface area contributed by atoms with E-state index in [0.717, 1.165) is 11.1 Å². The first-order valence-corrected chi connectivity index (χ1v) is 8.88. The number of carbonyl (C=O) groups is 2. The Morgan fingerprint density at radius 2 is 1.56 bits per heavy atom. The molecule has 2 N–H and O–H groups in total. The Morgan fingerprint density at radius 1 is 0.889 bits per heavy atom. The fraction of sp³-hybridized carbons (Fsp3) is 0.300. The first-order valence-electron chi connectivity index (χ1n) is 8.50. The van der Waals surface area contributed by atoms with Crippen LogP contribution >= 0.6 is 11.6 Å². The maximum atomic E-state index is 11.9. The zero-order chi connectivity index (χ0) is 19.6. The van der Waals surface area contributed by atoms with Crippen LogP contribution in [0.3, 0.4) is 0 Å². The first kappa shape index (κ1) is 20.6. The lowest BCUT2D eigenvalue weighted by Gasteiger charge is -2.10. The minimum absolute atomic E-state index is 0.0572. The SMILES string of the molecule is COc1ccc(CCNC(=O)CNC(=O)Cc2ccc(Cl)cc2)cc1OC. The van der Waals surface area contributed by atoms with Crippen LogP contribution in [0.2, 0.25) is 5.02 Å². The normalized spacial score (nSPS) is 10.2.